The van der Waals surface area contributed by atoms with Crippen molar-refractivity contribution in [3.05, 3.63) is 28.2 Å². The van der Waals surface area contributed by atoms with Crippen molar-refractivity contribution in [1.29, 1.82) is 0 Å². The fraction of sp³-hybridized carbons (Fsp3) is 0.100. The third-order valence-electron chi connectivity index (χ3n) is 1.94. The van der Waals surface area contributed by atoms with E-state index in [1.165, 1.54) is 18.3 Å². The third-order valence-corrected chi connectivity index (χ3v) is 3.52. The molecule has 2 rings (SSSR count). The molecule has 2 N–H and O–H groups in total. The number of rotatable bonds is 1. The number of nitrogens with zero attached hydrogens (tertiary/aromatic N) is 1. The summed E-state index contributed by atoms with van der Waals surface area (Å²) in [6, 6.07) is 3.29. The van der Waals surface area contributed by atoms with E-state index in [1.54, 1.807) is 18.3 Å². The van der Waals surface area contributed by atoms with Crippen molar-refractivity contribution < 1.29 is 9.59 Å². The standard InChI is InChI=1S/C10H8ClN3O2S/c1-5(15)13-14-10(16)8-4-7-9(17-8)6(11)2-3-12-7/h2-4H,1H3,(H,13,15)(H,14,16). The van der Waals surface area contributed by atoms with E-state index < -0.39 is 0 Å². The molecule has 0 saturated carbocycles. The van der Waals surface area contributed by atoms with Gasteiger partial charge in [-0.15, -0.1) is 11.3 Å². The van der Waals surface area contributed by atoms with Gasteiger partial charge in [0.15, 0.2) is 0 Å². The number of pyridine rings is 1. The third kappa shape index (κ3) is 2.54. The molecule has 7 heteroatoms. The summed E-state index contributed by atoms with van der Waals surface area (Å²) in [5.41, 5.74) is 5.16. The van der Waals surface area contributed by atoms with Gasteiger partial charge in [-0.3, -0.25) is 25.4 Å². The molecular formula is C10H8ClN3O2S. The molecule has 2 amide bonds. The van der Waals surface area contributed by atoms with Crippen LogP contribution < -0.4 is 10.9 Å². The number of hydrazine groups is 1. The average Bonchev–Trinajstić information content (AvgIpc) is 2.71. The van der Waals surface area contributed by atoms with Crippen LogP contribution in [0.1, 0.15) is 16.6 Å². The first-order chi connectivity index (χ1) is 8.08. The molecule has 0 aliphatic carbocycles. The Morgan fingerprint density at radius 1 is 1.41 bits per heavy atom. The maximum absolute atomic E-state index is 11.6. The van der Waals surface area contributed by atoms with Crippen LogP contribution in [0.5, 0.6) is 0 Å². The predicted molar refractivity (Wildman–Crippen MR) is 65.9 cm³/mol. The van der Waals surface area contributed by atoms with Crippen LogP contribution in [0.25, 0.3) is 10.2 Å². The molecule has 0 aliphatic rings. The topological polar surface area (TPSA) is 71.1 Å². The minimum absolute atomic E-state index is 0.337. The van der Waals surface area contributed by atoms with E-state index in [-0.39, 0.29) is 11.8 Å². The Morgan fingerprint density at radius 2 is 2.18 bits per heavy atom. The monoisotopic (exact) mass is 269 g/mol. The zero-order valence-electron chi connectivity index (χ0n) is 8.78. The van der Waals surface area contributed by atoms with E-state index in [1.807, 2.05) is 0 Å². The SMILES string of the molecule is CC(=O)NNC(=O)c1cc2nccc(Cl)c2s1. The number of halogens is 1. The molecule has 2 aromatic heterocycles. The zero-order chi connectivity index (χ0) is 12.4. The molecule has 2 aromatic rings. The van der Waals surface area contributed by atoms with Gasteiger partial charge in [0.1, 0.15) is 0 Å². The maximum atomic E-state index is 11.6. The van der Waals surface area contributed by atoms with Crippen LogP contribution in [0.15, 0.2) is 18.3 Å². The van der Waals surface area contributed by atoms with E-state index in [0.29, 0.717) is 15.4 Å². The number of amides is 2. The Hall–Kier alpha value is -1.66. The Labute approximate surface area is 106 Å². The normalized spacial score (nSPS) is 10.2. The second-order valence-corrected chi connectivity index (χ2v) is 4.71. The highest BCUT2D eigenvalue weighted by Gasteiger charge is 2.12. The molecule has 17 heavy (non-hydrogen) atoms. The van der Waals surface area contributed by atoms with Crippen LogP contribution >= 0.6 is 22.9 Å². The van der Waals surface area contributed by atoms with Gasteiger partial charge < -0.3 is 0 Å². The van der Waals surface area contributed by atoms with E-state index in [2.05, 4.69) is 15.8 Å². The Bertz CT molecular complexity index is 596. The molecule has 0 radical (unpaired) electrons. The van der Waals surface area contributed by atoms with Crippen molar-refractivity contribution in [2.45, 2.75) is 6.92 Å². The predicted octanol–water partition coefficient (Wildman–Crippen LogP) is 1.73. The molecule has 0 unspecified atom stereocenters. The first kappa shape index (κ1) is 11.8. The number of thiophene rings is 1. The van der Waals surface area contributed by atoms with Crippen LogP contribution in [-0.2, 0) is 4.79 Å². The van der Waals surface area contributed by atoms with Gasteiger partial charge >= 0.3 is 0 Å². The maximum Gasteiger partial charge on any atom is 0.279 e. The molecule has 0 bridgehead atoms. The minimum atomic E-state index is -0.390. The molecule has 0 fully saturated rings. The summed E-state index contributed by atoms with van der Waals surface area (Å²) in [6.45, 7) is 1.31. The number of hydrogen-bond acceptors (Lipinski definition) is 4. The Morgan fingerprint density at radius 3 is 2.82 bits per heavy atom. The second kappa shape index (κ2) is 4.68. The van der Waals surface area contributed by atoms with Gasteiger partial charge in [0.25, 0.3) is 5.91 Å². The fourth-order valence-corrected chi connectivity index (χ4v) is 2.41. The quantitative estimate of drug-likeness (QED) is 0.775. The number of carbonyl (C=O) groups is 2. The lowest BCUT2D eigenvalue weighted by molar-refractivity contribution is -0.119. The van der Waals surface area contributed by atoms with Crippen molar-refractivity contribution in [1.82, 2.24) is 15.8 Å². The highest BCUT2D eigenvalue weighted by Crippen LogP contribution is 2.29. The molecule has 0 saturated heterocycles. The van der Waals surface area contributed by atoms with Gasteiger partial charge in [0.2, 0.25) is 5.91 Å². The summed E-state index contributed by atoms with van der Waals surface area (Å²) in [4.78, 5) is 26.8. The number of fused-ring (bicyclic) bond motifs is 1. The fourth-order valence-electron chi connectivity index (χ4n) is 1.23. The highest BCUT2D eigenvalue weighted by atomic mass is 35.5. The second-order valence-electron chi connectivity index (χ2n) is 3.25. The first-order valence-corrected chi connectivity index (χ1v) is 5.88. The Kier molecular flexibility index (Phi) is 3.26. The van der Waals surface area contributed by atoms with Crippen molar-refractivity contribution >= 4 is 45.0 Å². The van der Waals surface area contributed by atoms with E-state index in [4.69, 9.17) is 11.6 Å². The summed E-state index contributed by atoms with van der Waals surface area (Å²) in [7, 11) is 0. The lowest BCUT2D eigenvalue weighted by Gasteiger charge is -2.01. The summed E-state index contributed by atoms with van der Waals surface area (Å²) < 4.78 is 0.752. The lowest BCUT2D eigenvalue weighted by atomic mass is 10.3. The van der Waals surface area contributed by atoms with Crippen molar-refractivity contribution in [2.75, 3.05) is 0 Å². The molecule has 2 heterocycles. The largest absolute Gasteiger partial charge is 0.279 e. The van der Waals surface area contributed by atoms with Crippen LogP contribution in [0.4, 0.5) is 0 Å². The number of aromatic nitrogens is 1. The van der Waals surface area contributed by atoms with Gasteiger partial charge in [0.05, 0.1) is 20.1 Å². The van der Waals surface area contributed by atoms with Crippen LogP contribution in [-0.4, -0.2) is 16.8 Å². The van der Waals surface area contributed by atoms with Crippen molar-refractivity contribution in [3.63, 3.8) is 0 Å². The molecule has 0 aromatic carbocycles. The minimum Gasteiger partial charge on any atom is -0.274 e. The summed E-state index contributed by atoms with van der Waals surface area (Å²) in [6.07, 6.45) is 1.58. The van der Waals surface area contributed by atoms with Gasteiger partial charge in [-0.05, 0) is 12.1 Å². The molecule has 0 spiro atoms. The number of carbonyl (C=O) groups excluding carboxylic acids is 2. The number of hydrogen-bond donors (Lipinski definition) is 2. The molecule has 88 valence electrons. The zero-order valence-corrected chi connectivity index (χ0v) is 10.4. The molecular weight excluding hydrogens is 262 g/mol. The van der Waals surface area contributed by atoms with Crippen LogP contribution in [0.3, 0.4) is 0 Å². The smallest absolute Gasteiger partial charge is 0.274 e. The van der Waals surface area contributed by atoms with Gasteiger partial charge in [-0.25, -0.2) is 0 Å². The number of nitrogens with one attached hydrogen (secondary N) is 2. The summed E-state index contributed by atoms with van der Waals surface area (Å²) in [5, 5.41) is 0.554. The lowest BCUT2D eigenvalue weighted by Crippen LogP contribution is -2.39. The van der Waals surface area contributed by atoms with Crippen molar-refractivity contribution in [2.24, 2.45) is 0 Å². The van der Waals surface area contributed by atoms with E-state index in [9.17, 15) is 9.59 Å². The van der Waals surface area contributed by atoms with Crippen LogP contribution in [0, 0.1) is 0 Å². The van der Waals surface area contributed by atoms with E-state index in [0.717, 1.165) is 4.70 Å². The average molecular weight is 270 g/mol. The van der Waals surface area contributed by atoms with Gasteiger partial charge in [-0.1, -0.05) is 11.6 Å². The summed E-state index contributed by atoms with van der Waals surface area (Å²) in [5.74, 6) is -0.727. The Balaban J connectivity index is 2.27. The van der Waals surface area contributed by atoms with Crippen molar-refractivity contribution in [3.8, 4) is 0 Å². The summed E-state index contributed by atoms with van der Waals surface area (Å²) >= 11 is 7.20. The van der Waals surface area contributed by atoms with Gasteiger partial charge in [0, 0.05) is 13.1 Å². The first-order valence-electron chi connectivity index (χ1n) is 4.69. The molecule has 5 nitrogen and oxygen atoms in total. The van der Waals surface area contributed by atoms with Gasteiger partial charge in [-0.2, -0.15) is 0 Å². The van der Waals surface area contributed by atoms with Crippen LogP contribution in [0.2, 0.25) is 5.02 Å². The molecule has 0 aliphatic heterocycles. The molecule has 0 atom stereocenters. The van der Waals surface area contributed by atoms with E-state index >= 15 is 0 Å². The highest BCUT2D eigenvalue weighted by molar-refractivity contribution is 7.21.